The molecular weight excluding hydrogens is 212 g/mol. The lowest BCUT2D eigenvalue weighted by molar-refractivity contribution is 0.228. The summed E-state index contributed by atoms with van der Waals surface area (Å²) in [7, 11) is 0. The molecule has 0 atom stereocenters. The van der Waals surface area contributed by atoms with Gasteiger partial charge in [0.05, 0.1) is 5.54 Å². The van der Waals surface area contributed by atoms with Crippen molar-refractivity contribution in [3.05, 3.63) is 11.6 Å². The first kappa shape index (κ1) is 11.2. The molecule has 0 amide bonds. The molecule has 0 aromatic carbocycles. The van der Waals surface area contributed by atoms with E-state index < -0.39 is 0 Å². The molecule has 94 valence electrons. The highest BCUT2D eigenvalue weighted by atomic mass is 15.3. The lowest BCUT2D eigenvalue weighted by Gasteiger charge is -2.35. The van der Waals surface area contributed by atoms with Crippen molar-refractivity contribution in [3.63, 3.8) is 0 Å². The quantitative estimate of drug-likeness (QED) is 0.808. The van der Waals surface area contributed by atoms with Crippen LogP contribution in [-0.4, -0.2) is 14.8 Å². The molecule has 1 aromatic heterocycles. The Morgan fingerprint density at radius 1 is 1.24 bits per heavy atom. The van der Waals surface area contributed by atoms with Crippen LogP contribution in [0.2, 0.25) is 0 Å². The van der Waals surface area contributed by atoms with Gasteiger partial charge in [-0.15, -0.1) is 10.2 Å². The average Bonchev–Trinajstić information content (AvgIpc) is 2.78. The minimum atomic E-state index is -0.213. The fourth-order valence-corrected chi connectivity index (χ4v) is 3.18. The average molecular weight is 234 g/mol. The molecule has 1 saturated carbocycles. The summed E-state index contributed by atoms with van der Waals surface area (Å²) in [4.78, 5) is 0. The van der Waals surface area contributed by atoms with Gasteiger partial charge in [-0.3, -0.25) is 0 Å². The van der Waals surface area contributed by atoms with Gasteiger partial charge in [0.2, 0.25) is 0 Å². The Balaban J connectivity index is 1.90. The maximum atomic E-state index is 6.59. The highest BCUT2D eigenvalue weighted by molar-refractivity contribution is 5.11. The lowest BCUT2D eigenvalue weighted by atomic mass is 9.77. The minimum absolute atomic E-state index is 0.213. The zero-order chi connectivity index (χ0) is 11.9. The molecule has 0 spiro atoms. The Kier molecular flexibility index (Phi) is 2.69. The number of nitrogens with two attached hydrogens (primary N) is 1. The van der Waals surface area contributed by atoms with Crippen molar-refractivity contribution in [2.45, 2.75) is 64.0 Å². The standard InChI is InChI=1S/C13H22N4/c1-10-5-7-13(14,8-6-10)12-16-15-11-4-2-3-9-17(11)12/h10H,2-9,14H2,1H3. The van der Waals surface area contributed by atoms with Crippen LogP contribution in [0, 0.1) is 5.92 Å². The van der Waals surface area contributed by atoms with Crippen LogP contribution in [0.25, 0.3) is 0 Å². The van der Waals surface area contributed by atoms with E-state index in [1.54, 1.807) is 0 Å². The molecule has 2 N–H and O–H groups in total. The van der Waals surface area contributed by atoms with Gasteiger partial charge in [-0.1, -0.05) is 6.92 Å². The van der Waals surface area contributed by atoms with Gasteiger partial charge in [0.1, 0.15) is 5.82 Å². The molecule has 1 fully saturated rings. The van der Waals surface area contributed by atoms with E-state index in [-0.39, 0.29) is 5.54 Å². The highest BCUT2D eigenvalue weighted by Crippen LogP contribution is 2.37. The minimum Gasteiger partial charge on any atom is -0.319 e. The third-order valence-electron chi connectivity index (χ3n) is 4.47. The molecule has 1 aliphatic carbocycles. The summed E-state index contributed by atoms with van der Waals surface area (Å²) < 4.78 is 2.29. The third kappa shape index (κ3) is 1.88. The number of aromatic nitrogens is 3. The maximum absolute atomic E-state index is 6.59. The van der Waals surface area contributed by atoms with Gasteiger partial charge in [-0.25, -0.2) is 0 Å². The van der Waals surface area contributed by atoms with E-state index in [1.165, 1.54) is 25.7 Å². The summed E-state index contributed by atoms with van der Waals surface area (Å²) in [6.07, 6.45) is 8.12. The van der Waals surface area contributed by atoms with E-state index >= 15 is 0 Å². The van der Waals surface area contributed by atoms with Crippen molar-refractivity contribution in [2.24, 2.45) is 11.7 Å². The fraction of sp³-hybridized carbons (Fsp3) is 0.846. The smallest absolute Gasteiger partial charge is 0.153 e. The molecule has 4 nitrogen and oxygen atoms in total. The second kappa shape index (κ2) is 4.09. The number of nitrogens with zero attached hydrogens (tertiary/aromatic N) is 3. The number of fused-ring (bicyclic) bond motifs is 1. The maximum Gasteiger partial charge on any atom is 0.153 e. The normalized spacial score (nSPS) is 33.4. The predicted molar refractivity (Wildman–Crippen MR) is 66.5 cm³/mol. The first-order valence-electron chi connectivity index (χ1n) is 6.90. The molecule has 0 bridgehead atoms. The SMILES string of the molecule is CC1CCC(N)(c2nnc3n2CCCC3)CC1. The van der Waals surface area contributed by atoms with E-state index in [4.69, 9.17) is 5.73 Å². The molecule has 0 unspecified atom stereocenters. The van der Waals surface area contributed by atoms with E-state index in [9.17, 15) is 0 Å². The van der Waals surface area contributed by atoms with Crippen LogP contribution >= 0.6 is 0 Å². The first-order valence-corrected chi connectivity index (χ1v) is 6.90. The summed E-state index contributed by atoms with van der Waals surface area (Å²) in [5.41, 5.74) is 6.37. The summed E-state index contributed by atoms with van der Waals surface area (Å²) in [6, 6.07) is 0. The van der Waals surface area contributed by atoms with E-state index in [0.29, 0.717) is 0 Å². The van der Waals surface area contributed by atoms with Crippen molar-refractivity contribution in [2.75, 3.05) is 0 Å². The van der Waals surface area contributed by atoms with Gasteiger partial charge in [-0.2, -0.15) is 0 Å². The van der Waals surface area contributed by atoms with Crippen molar-refractivity contribution < 1.29 is 0 Å². The van der Waals surface area contributed by atoms with Crippen molar-refractivity contribution >= 4 is 0 Å². The first-order chi connectivity index (χ1) is 8.19. The van der Waals surface area contributed by atoms with E-state index in [0.717, 1.165) is 43.4 Å². The molecular formula is C13H22N4. The van der Waals surface area contributed by atoms with Crippen LogP contribution in [0.15, 0.2) is 0 Å². The second-order valence-corrected chi connectivity index (χ2v) is 5.89. The Bertz CT molecular complexity index is 402. The van der Waals surface area contributed by atoms with Gasteiger partial charge in [0.15, 0.2) is 5.82 Å². The molecule has 3 rings (SSSR count). The predicted octanol–water partition coefficient (Wildman–Crippen LogP) is 1.98. The topological polar surface area (TPSA) is 56.7 Å². The Morgan fingerprint density at radius 2 is 2.00 bits per heavy atom. The monoisotopic (exact) mass is 234 g/mol. The number of hydrogen-bond acceptors (Lipinski definition) is 3. The molecule has 17 heavy (non-hydrogen) atoms. The molecule has 0 saturated heterocycles. The molecule has 1 aromatic rings. The van der Waals surface area contributed by atoms with Crippen LogP contribution in [0.5, 0.6) is 0 Å². The summed E-state index contributed by atoms with van der Waals surface area (Å²) >= 11 is 0. The van der Waals surface area contributed by atoms with Crippen molar-refractivity contribution in [1.29, 1.82) is 0 Å². The van der Waals surface area contributed by atoms with E-state index in [1.807, 2.05) is 0 Å². The second-order valence-electron chi connectivity index (χ2n) is 5.89. The molecule has 2 heterocycles. The fourth-order valence-electron chi connectivity index (χ4n) is 3.18. The molecule has 0 radical (unpaired) electrons. The van der Waals surface area contributed by atoms with Gasteiger partial charge < -0.3 is 10.3 Å². The Morgan fingerprint density at radius 3 is 2.76 bits per heavy atom. The number of hydrogen-bond donors (Lipinski definition) is 1. The van der Waals surface area contributed by atoms with Gasteiger partial charge in [0.25, 0.3) is 0 Å². The zero-order valence-electron chi connectivity index (χ0n) is 10.7. The van der Waals surface area contributed by atoms with Gasteiger partial charge in [0, 0.05) is 13.0 Å². The van der Waals surface area contributed by atoms with Crippen molar-refractivity contribution in [3.8, 4) is 0 Å². The highest BCUT2D eigenvalue weighted by Gasteiger charge is 2.37. The number of rotatable bonds is 1. The summed E-state index contributed by atoms with van der Waals surface area (Å²) in [6.45, 7) is 3.38. The largest absolute Gasteiger partial charge is 0.319 e. The molecule has 2 aliphatic rings. The Hall–Kier alpha value is -0.900. The lowest BCUT2D eigenvalue weighted by Crippen LogP contribution is -2.43. The van der Waals surface area contributed by atoms with Crippen LogP contribution in [-0.2, 0) is 18.5 Å². The summed E-state index contributed by atoms with van der Waals surface area (Å²) in [5.74, 6) is 3.02. The third-order valence-corrected chi connectivity index (χ3v) is 4.47. The molecule has 1 aliphatic heterocycles. The number of aryl methyl sites for hydroxylation is 1. The summed E-state index contributed by atoms with van der Waals surface area (Å²) in [5, 5.41) is 8.74. The Labute approximate surface area is 103 Å². The van der Waals surface area contributed by atoms with Crippen LogP contribution in [0.1, 0.15) is 57.1 Å². The van der Waals surface area contributed by atoms with Gasteiger partial charge >= 0.3 is 0 Å². The van der Waals surface area contributed by atoms with Crippen LogP contribution < -0.4 is 5.73 Å². The van der Waals surface area contributed by atoms with Crippen LogP contribution in [0.3, 0.4) is 0 Å². The van der Waals surface area contributed by atoms with E-state index in [2.05, 4.69) is 21.7 Å². The van der Waals surface area contributed by atoms with Gasteiger partial charge in [-0.05, 0) is 44.4 Å². The van der Waals surface area contributed by atoms with Crippen LogP contribution in [0.4, 0.5) is 0 Å². The van der Waals surface area contributed by atoms with Crippen molar-refractivity contribution in [1.82, 2.24) is 14.8 Å². The zero-order valence-corrected chi connectivity index (χ0v) is 10.7. The molecule has 4 heteroatoms.